The molecule has 0 unspecified atom stereocenters. The van der Waals surface area contributed by atoms with Gasteiger partial charge in [0.05, 0.1) is 6.04 Å². The Hall–Kier alpha value is -3.08. The van der Waals surface area contributed by atoms with Gasteiger partial charge >= 0.3 is 6.03 Å². The molecule has 0 aliphatic carbocycles. The molecule has 2 aromatic carbocycles. The number of amides is 3. The van der Waals surface area contributed by atoms with Crippen LogP contribution in [0.3, 0.4) is 0 Å². The van der Waals surface area contributed by atoms with Crippen LogP contribution in [0.15, 0.2) is 66.9 Å². The van der Waals surface area contributed by atoms with E-state index in [9.17, 15) is 9.59 Å². The van der Waals surface area contributed by atoms with Crippen molar-refractivity contribution in [1.29, 1.82) is 0 Å². The number of hydrogen-bond donors (Lipinski definition) is 3. The lowest BCUT2D eigenvalue weighted by molar-refractivity contribution is -0.119. The van der Waals surface area contributed by atoms with Crippen molar-refractivity contribution in [2.24, 2.45) is 5.92 Å². The fourth-order valence-electron chi connectivity index (χ4n) is 2.97. The Labute approximate surface area is 147 Å². The summed E-state index contributed by atoms with van der Waals surface area (Å²) in [6.07, 6.45) is 0.934. The van der Waals surface area contributed by atoms with E-state index >= 15 is 0 Å². The maximum absolute atomic E-state index is 12.8. The number of hydrogen-bond acceptors (Lipinski definition) is 2. The SMILES string of the molecule is C=C1NC(=O)N[C@H](c2ccc(CC)cc2)[C@H]1C(=O)Nc1ccccc1. The molecule has 3 rings (SSSR count). The van der Waals surface area contributed by atoms with Crippen LogP contribution in [-0.2, 0) is 11.2 Å². The summed E-state index contributed by atoms with van der Waals surface area (Å²) in [5, 5.41) is 8.35. The van der Waals surface area contributed by atoms with Crippen molar-refractivity contribution in [2.75, 3.05) is 5.32 Å². The molecule has 3 N–H and O–H groups in total. The van der Waals surface area contributed by atoms with E-state index in [0.29, 0.717) is 11.4 Å². The molecule has 2 atom stereocenters. The Balaban J connectivity index is 1.88. The third-order valence-corrected chi connectivity index (χ3v) is 4.34. The Bertz CT molecular complexity index is 784. The van der Waals surface area contributed by atoms with Crippen molar-refractivity contribution >= 4 is 17.6 Å². The van der Waals surface area contributed by atoms with Crippen molar-refractivity contribution in [3.05, 3.63) is 78.0 Å². The third-order valence-electron chi connectivity index (χ3n) is 4.34. The minimum Gasteiger partial charge on any atom is -0.330 e. The number of aryl methyl sites for hydroxylation is 1. The molecule has 1 aliphatic rings. The Morgan fingerprint density at radius 2 is 1.80 bits per heavy atom. The highest BCUT2D eigenvalue weighted by atomic mass is 16.2. The average molecular weight is 335 g/mol. The smallest absolute Gasteiger partial charge is 0.319 e. The zero-order chi connectivity index (χ0) is 17.8. The van der Waals surface area contributed by atoms with Gasteiger partial charge in [-0.1, -0.05) is 56.0 Å². The van der Waals surface area contributed by atoms with Crippen LogP contribution >= 0.6 is 0 Å². The van der Waals surface area contributed by atoms with Gasteiger partial charge in [0.25, 0.3) is 0 Å². The highest BCUT2D eigenvalue weighted by molar-refractivity contribution is 5.97. The number of para-hydroxylation sites is 1. The molecular formula is C20H21N3O2. The number of carbonyl (C=O) groups is 2. The summed E-state index contributed by atoms with van der Waals surface area (Å²) in [6.45, 7) is 5.97. The van der Waals surface area contributed by atoms with Gasteiger partial charge in [-0.15, -0.1) is 0 Å². The third kappa shape index (κ3) is 3.71. The van der Waals surface area contributed by atoms with Gasteiger partial charge in [-0.2, -0.15) is 0 Å². The summed E-state index contributed by atoms with van der Waals surface area (Å²) in [7, 11) is 0. The molecule has 0 spiro atoms. The van der Waals surface area contributed by atoms with Crippen molar-refractivity contribution in [1.82, 2.24) is 10.6 Å². The minimum absolute atomic E-state index is 0.215. The molecule has 0 aromatic heterocycles. The van der Waals surface area contributed by atoms with Crippen LogP contribution in [0, 0.1) is 5.92 Å². The van der Waals surface area contributed by atoms with Crippen LogP contribution in [-0.4, -0.2) is 11.9 Å². The normalized spacial score (nSPS) is 19.7. The zero-order valence-corrected chi connectivity index (χ0v) is 14.1. The van der Waals surface area contributed by atoms with Gasteiger partial charge < -0.3 is 16.0 Å². The number of urea groups is 1. The fraction of sp³-hybridized carbons (Fsp3) is 0.200. The van der Waals surface area contributed by atoms with Crippen LogP contribution < -0.4 is 16.0 Å². The molecule has 1 saturated heterocycles. The van der Waals surface area contributed by atoms with E-state index in [1.165, 1.54) is 5.56 Å². The van der Waals surface area contributed by atoms with Gasteiger partial charge in [0.15, 0.2) is 0 Å². The maximum Gasteiger partial charge on any atom is 0.319 e. The average Bonchev–Trinajstić information content (AvgIpc) is 2.62. The predicted molar refractivity (Wildman–Crippen MR) is 97.9 cm³/mol. The molecule has 5 nitrogen and oxygen atoms in total. The van der Waals surface area contributed by atoms with Crippen LogP contribution in [0.5, 0.6) is 0 Å². The first-order chi connectivity index (χ1) is 12.1. The van der Waals surface area contributed by atoms with Gasteiger partial charge in [0.1, 0.15) is 5.92 Å². The summed E-state index contributed by atoms with van der Waals surface area (Å²) < 4.78 is 0. The van der Waals surface area contributed by atoms with Gasteiger partial charge in [-0.25, -0.2) is 4.79 Å². The molecular weight excluding hydrogens is 314 g/mol. The molecule has 0 saturated carbocycles. The molecule has 3 amide bonds. The second kappa shape index (κ2) is 7.21. The van der Waals surface area contributed by atoms with E-state index in [4.69, 9.17) is 0 Å². The van der Waals surface area contributed by atoms with Crippen LogP contribution in [0.1, 0.15) is 24.1 Å². The first-order valence-corrected chi connectivity index (χ1v) is 8.29. The summed E-state index contributed by atoms with van der Waals surface area (Å²) >= 11 is 0. The van der Waals surface area contributed by atoms with Gasteiger partial charge in [0.2, 0.25) is 5.91 Å². The topological polar surface area (TPSA) is 70.2 Å². The van der Waals surface area contributed by atoms with E-state index < -0.39 is 12.0 Å². The quantitative estimate of drug-likeness (QED) is 0.802. The summed E-state index contributed by atoms with van der Waals surface area (Å²) in [5.41, 5.74) is 3.17. The summed E-state index contributed by atoms with van der Waals surface area (Å²) in [6, 6.07) is 16.3. The minimum atomic E-state index is -0.606. The van der Waals surface area contributed by atoms with Gasteiger partial charge in [0, 0.05) is 11.4 Å². The fourth-order valence-corrected chi connectivity index (χ4v) is 2.97. The standard InChI is InChI=1S/C20H21N3O2/c1-3-14-9-11-15(12-10-14)18-17(13(2)21-20(25)23-18)19(24)22-16-7-5-4-6-8-16/h4-12,17-18H,2-3H2,1H3,(H,22,24)(H2,21,23,25)/t17-,18+/m0/s1. The Kier molecular flexibility index (Phi) is 4.84. The van der Waals surface area contributed by atoms with Crippen LogP contribution in [0.2, 0.25) is 0 Å². The van der Waals surface area contributed by atoms with Gasteiger partial charge in [-0.05, 0) is 29.7 Å². The molecule has 128 valence electrons. The summed E-state index contributed by atoms with van der Waals surface area (Å²) in [4.78, 5) is 24.7. The Morgan fingerprint density at radius 1 is 1.12 bits per heavy atom. The lowest BCUT2D eigenvalue weighted by Gasteiger charge is -2.34. The highest BCUT2D eigenvalue weighted by Crippen LogP contribution is 2.30. The molecule has 0 radical (unpaired) electrons. The van der Waals surface area contributed by atoms with E-state index in [1.54, 1.807) is 0 Å². The molecule has 5 heteroatoms. The molecule has 1 heterocycles. The first kappa shape index (κ1) is 16.8. The summed E-state index contributed by atoms with van der Waals surface area (Å²) in [5.74, 6) is -0.821. The van der Waals surface area contributed by atoms with Crippen molar-refractivity contribution in [2.45, 2.75) is 19.4 Å². The second-order valence-corrected chi connectivity index (χ2v) is 6.03. The monoisotopic (exact) mass is 335 g/mol. The molecule has 1 aliphatic heterocycles. The van der Waals surface area contributed by atoms with E-state index in [0.717, 1.165) is 12.0 Å². The van der Waals surface area contributed by atoms with Crippen LogP contribution in [0.4, 0.5) is 10.5 Å². The van der Waals surface area contributed by atoms with Crippen molar-refractivity contribution < 1.29 is 9.59 Å². The largest absolute Gasteiger partial charge is 0.330 e. The highest BCUT2D eigenvalue weighted by Gasteiger charge is 2.37. The number of benzene rings is 2. The number of anilines is 1. The van der Waals surface area contributed by atoms with E-state index in [2.05, 4.69) is 29.5 Å². The Morgan fingerprint density at radius 3 is 2.44 bits per heavy atom. The maximum atomic E-state index is 12.8. The van der Waals surface area contributed by atoms with Gasteiger partial charge in [-0.3, -0.25) is 4.79 Å². The molecule has 25 heavy (non-hydrogen) atoms. The zero-order valence-electron chi connectivity index (χ0n) is 14.1. The van der Waals surface area contributed by atoms with E-state index in [-0.39, 0.29) is 11.9 Å². The van der Waals surface area contributed by atoms with Crippen molar-refractivity contribution in [3.63, 3.8) is 0 Å². The number of nitrogens with one attached hydrogen (secondary N) is 3. The lowest BCUT2D eigenvalue weighted by Crippen LogP contribution is -2.51. The van der Waals surface area contributed by atoms with E-state index in [1.807, 2.05) is 54.6 Å². The van der Waals surface area contributed by atoms with Crippen molar-refractivity contribution in [3.8, 4) is 0 Å². The lowest BCUT2D eigenvalue weighted by atomic mass is 9.87. The molecule has 2 aromatic rings. The molecule has 1 fully saturated rings. The second-order valence-electron chi connectivity index (χ2n) is 6.03. The first-order valence-electron chi connectivity index (χ1n) is 8.29. The molecule has 0 bridgehead atoms. The predicted octanol–water partition coefficient (Wildman–Crippen LogP) is 3.37. The number of rotatable bonds is 4. The van der Waals surface area contributed by atoms with Crippen LogP contribution in [0.25, 0.3) is 0 Å². The number of carbonyl (C=O) groups excluding carboxylic acids is 2.